The first-order valence-corrected chi connectivity index (χ1v) is 11.5. The number of carbonyl (C=O) groups is 4. The van der Waals surface area contributed by atoms with Gasteiger partial charge in [0.05, 0.1) is 22.7 Å². The Kier molecular flexibility index (Phi) is 5.53. The molecule has 1 fully saturated rings. The number of fused-ring (bicyclic) bond motifs is 1. The summed E-state index contributed by atoms with van der Waals surface area (Å²) >= 11 is 3.33. The van der Waals surface area contributed by atoms with E-state index in [-0.39, 0.29) is 24.6 Å². The number of benzene rings is 3. The highest BCUT2D eigenvalue weighted by molar-refractivity contribution is 9.10. The van der Waals surface area contributed by atoms with Crippen LogP contribution in [0.25, 0.3) is 0 Å². The molecule has 3 aromatic rings. The van der Waals surface area contributed by atoms with Crippen LogP contribution in [0.2, 0.25) is 0 Å². The van der Waals surface area contributed by atoms with Crippen molar-refractivity contribution in [2.45, 2.75) is 13.3 Å². The minimum absolute atomic E-state index is 0.0788. The van der Waals surface area contributed by atoms with Crippen LogP contribution in [0, 0.1) is 12.8 Å². The van der Waals surface area contributed by atoms with E-state index in [9.17, 15) is 19.2 Å². The Morgan fingerprint density at radius 3 is 2.41 bits per heavy atom. The molecule has 2 aliphatic heterocycles. The number of carbonyl (C=O) groups excluding carboxylic acids is 4. The standard InChI is InChI=1S/C26H19BrN2O5/c1-15-11-19(34-26(33)16-12-23(30)28(14-16)18-5-3-2-4-6-18)8-10-22(15)29-24(31)20-9-7-17(27)13-21(20)25(29)32/h2-11,13,16H,12,14H2,1H3/t16-/m1/s1. The minimum atomic E-state index is -0.581. The Morgan fingerprint density at radius 1 is 0.941 bits per heavy atom. The molecule has 2 aliphatic rings. The van der Waals surface area contributed by atoms with Crippen molar-refractivity contribution in [1.82, 2.24) is 0 Å². The van der Waals surface area contributed by atoms with Gasteiger partial charge in [-0.1, -0.05) is 34.1 Å². The minimum Gasteiger partial charge on any atom is -0.426 e. The summed E-state index contributed by atoms with van der Waals surface area (Å²) in [5.74, 6) is -1.72. The Balaban J connectivity index is 1.31. The first-order valence-electron chi connectivity index (χ1n) is 10.7. The number of halogens is 1. The largest absolute Gasteiger partial charge is 0.426 e. The molecule has 0 bridgehead atoms. The van der Waals surface area contributed by atoms with Crippen molar-refractivity contribution in [3.05, 3.63) is 87.9 Å². The Bertz CT molecular complexity index is 1350. The van der Waals surface area contributed by atoms with Gasteiger partial charge < -0.3 is 9.64 Å². The monoisotopic (exact) mass is 518 g/mol. The summed E-state index contributed by atoms with van der Waals surface area (Å²) < 4.78 is 6.26. The molecule has 0 aliphatic carbocycles. The van der Waals surface area contributed by atoms with E-state index in [0.29, 0.717) is 26.9 Å². The first kappa shape index (κ1) is 22.0. The second kappa shape index (κ2) is 8.53. The van der Waals surface area contributed by atoms with Crippen LogP contribution in [-0.4, -0.2) is 30.2 Å². The summed E-state index contributed by atoms with van der Waals surface area (Å²) in [6.07, 6.45) is 0.0788. The van der Waals surface area contributed by atoms with Gasteiger partial charge in [-0.2, -0.15) is 0 Å². The molecule has 0 N–H and O–H groups in total. The zero-order chi connectivity index (χ0) is 24.0. The fourth-order valence-electron chi connectivity index (χ4n) is 4.30. The van der Waals surface area contributed by atoms with Crippen molar-refractivity contribution in [1.29, 1.82) is 0 Å². The summed E-state index contributed by atoms with van der Waals surface area (Å²) in [4.78, 5) is 53.6. The number of rotatable bonds is 4. The van der Waals surface area contributed by atoms with Gasteiger partial charge in [0.15, 0.2) is 0 Å². The predicted octanol–water partition coefficient (Wildman–Crippen LogP) is 4.52. The zero-order valence-electron chi connectivity index (χ0n) is 18.2. The van der Waals surface area contributed by atoms with Crippen LogP contribution in [0.15, 0.2) is 71.2 Å². The average molecular weight is 519 g/mol. The van der Waals surface area contributed by atoms with E-state index < -0.39 is 23.7 Å². The van der Waals surface area contributed by atoms with Gasteiger partial charge in [0.25, 0.3) is 11.8 Å². The van der Waals surface area contributed by atoms with Crippen molar-refractivity contribution in [2.24, 2.45) is 5.92 Å². The highest BCUT2D eigenvalue weighted by Crippen LogP contribution is 2.34. The van der Waals surface area contributed by atoms with E-state index in [4.69, 9.17) is 4.74 Å². The van der Waals surface area contributed by atoms with Crippen LogP contribution in [0.4, 0.5) is 11.4 Å². The van der Waals surface area contributed by atoms with Gasteiger partial charge in [-0.25, -0.2) is 4.90 Å². The summed E-state index contributed by atoms with van der Waals surface area (Å²) in [7, 11) is 0. The number of ether oxygens (including phenoxy) is 1. The number of anilines is 2. The second-order valence-electron chi connectivity index (χ2n) is 8.25. The summed E-state index contributed by atoms with van der Waals surface area (Å²) in [6, 6.07) is 18.9. The Morgan fingerprint density at radius 2 is 1.68 bits per heavy atom. The van der Waals surface area contributed by atoms with Crippen LogP contribution < -0.4 is 14.5 Å². The molecular weight excluding hydrogens is 500 g/mol. The van der Waals surface area contributed by atoms with E-state index in [1.165, 1.54) is 0 Å². The number of para-hydroxylation sites is 1. The zero-order valence-corrected chi connectivity index (χ0v) is 19.7. The molecule has 0 aromatic heterocycles. The molecule has 0 unspecified atom stereocenters. The molecule has 34 heavy (non-hydrogen) atoms. The van der Waals surface area contributed by atoms with E-state index >= 15 is 0 Å². The number of aryl methyl sites for hydroxylation is 1. The summed E-state index contributed by atoms with van der Waals surface area (Å²) in [6.45, 7) is 1.99. The van der Waals surface area contributed by atoms with E-state index in [1.807, 2.05) is 30.3 Å². The smallest absolute Gasteiger partial charge is 0.316 e. The molecule has 1 saturated heterocycles. The molecule has 7 nitrogen and oxygen atoms in total. The van der Waals surface area contributed by atoms with Gasteiger partial charge in [0.1, 0.15) is 5.75 Å². The number of nitrogens with zero attached hydrogens (tertiary/aromatic N) is 2. The van der Waals surface area contributed by atoms with Crippen LogP contribution in [0.3, 0.4) is 0 Å². The normalized spacial score (nSPS) is 17.4. The molecule has 0 spiro atoms. The quantitative estimate of drug-likeness (QED) is 0.288. The maximum Gasteiger partial charge on any atom is 0.316 e. The van der Waals surface area contributed by atoms with Crippen LogP contribution >= 0.6 is 15.9 Å². The predicted molar refractivity (Wildman–Crippen MR) is 129 cm³/mol. The molecule has 5 rings (SSSR count). The van der Waals surface area contributed by atoms with E-state index in [2.05, 4.69) is 15.9 Å². The van der Waals surface area contributed by atoms with Crippen LogP contribution in [0.5, 0.6) is 5.75 Å². The molecule has 170 valence electrons. The maximum absolute atomic E-state index is 12.9. The number of esters is 1. The van der Waals surface area contributed by atoms with Gasteiger partial charge in [0, 0.05) is 23.1 Å². The van der Waals surface area contributed by atoms with Crippen molar-refractivity contribution in [3.63, 3.8) is 0 Å². The molecule has 8 heteroatoms. The Hall–Kier alpha value is -3.78. The van der Waals surface area contributed by atoms with Gasteiger partial charge in [-0.3, -0.25) is 19.2 Å². The Labute approximate surface area is 204 Å². The topological polar surface area (TPSA) is 84.0 Å². The number of imide groups is 1. The van der Waals surface area contributed by atoms with Gasteiger partial charge >= 0.3 is 5.97 Å². The lowest BCUT2D eigenvalue weighted by atomic mass is 10.1. The summed E-state index contributed by atoms with van der Waals surface area (Å²) in [5, 5.41) is 0. The van der Waals surface area contributed by atoms with Crippen molar-refractivity contribution in [3.8, 4) is 5.75 Å². The highest BCUT2D eigenvalue weighted by atomic mass is 79.9. The van der Waals surface area contributed by atoms with Gasteiger partial charge in [-0.15, -0.1) is 0 Å². The third-order valence-electron chi connectivity index (χ3n) is 6.00. The molecule has 1 atom stereocenters. The van der Waals surface area contributed by atoms with Crippen molar-refractivity contribution in [2.75, 3.05) is 16.3 Å². The van der Waals surface area contributed by atoms with Crippen molar-refractivity contribution >= 4 is 51.0 Å². The molecule has 0 radical (unpaired) electrons. The number of amides is 3. The van der Waals surface area contributed by atoms with Gasteiger partial charge in [0.2, 0.25) is 5.91 Å². The number of hydrogen-bond acceptors (Lipinski definition) is 5. The third-order valence-corrected chi connectivity index (χ3v) is 6.50. The SMILES string of the molecule is Cc1cc(OC(=O)[C@@H]2CC(=O)N(c3ccccc3)C2)ccc1N1C(=O)c2ccc(Br)cc2C1=O. The molecule has 3 amide bonds. The second-order valence-corrected chi connectivity index (χ2v) is 9.16. The summed E-state index contributed by atoms with van der Waals surface area (Å²) in [5.41, 5.74) is 2.46. The molecular formula is C26H19BrN2O5. The van der Waals surface area contributed by atoms with Gasteiger partial charge in [-0.05, 0) is 61.0 Å². The van der Waals surface area contributed by atoms with E-state index in [1.54, 1.807) is 48.2 Å². The maximum atomic E-state index is 12.9. The first-order chi connectivity index (χ1) is 16.3. The van der Waals surface area contributed by atoms with Crippen LogP contribution in [0.1, 0.15) is 32.7 Å². The molecule has 0 saturated carbocycles. The van der Waals surface area contributed by atoms with E-state index in [0.717, 1.165) is 10.6 Å². The van der Waals surface area contributed by atoms with Crippen molar-refractivity contribution < 1.29 is 23.9 Å². The lowest BCUT2D eigenvalue weighted by Gasteiger charge is -2.18. The number of hydrogen-bond donors (Lipinski definition) is 0. The highest BCUT2D eigenvalue weighted by Gasteiger charge is 2.38. The third kappa shape index (κ3) is 3.80. The lowest BCUT2D eigenvalue weighted by Crippen LogP contribution is -2.30. The fourth-order valence-corrected chi connectivity index (χ4v) is 4.66. The fraction of sp³-hybridized carbons (Fsp3) is 0.154. The molecule has 3 aromatic carbocycles. The molecule has 2 heterocycles. The lowest BCUT2D eigenvalue weighted by molar-refractivity contribution is -0.139. The average Bonchev–Trinajstić information content (AvgIpc) is 3.32. The van der Waals surface area contributed by atoms with Crippen LogP contribution in [-0.2, 0) is 9.59 Å².